The average molecular weight is 695 g/mol. The van der Waals surface area contributed by atoms with Gasteiger partial charge in [-0.25, -0.2) is 4.79 Å². The van der Waals surface area contributed by atoms with Crippen LogP contribution < -0.4 is 21.7 Å². The zero-order chi connectivity index (χ0) is 38.1. The van der Waals surface area contributed by atoms with Crippen LogP contribution in [0.25, 0.3) is 0 Å². The minimum absolute atomic E-state index is 0.0515. The molecule has 12 heteroatoms. The van der Waals surface area contributed by atoms with E-state index in [4.69, 9.17) is 0 Å². The topological polar surface area (TPSA) is 171 Å². The zero-order valence-electron chi connectivity index (χ0n) is 32.7. The molecule has 5 amide bonds. The fraction of sp³-hybridized carbons (Fsp3) is 0.838. The van der Waals surface area contributed by atoms with E-state index < -0.39 is 47.2 Å². The van der Waals surface area contributed by atoms with Gasteiger partial charge in [-0.1, -0.05) is 88.5 Å². The first-order valence-corrected chi connectivity index (χ1v) is 18.4. The van der Waals surface area contributed by atoms with E-state index >= 15 is 0 Å². The Hall–Kier alpha value is -3.02. The molecular formula is C37H70N6O6. The Kier molecular flexibility index (Phi) is 21.3. The summed E-state index contributed by atoms with van der Waals surface area (Å²) in [6.45, 7) is 20.9. The van der Waals surface area contributed by atoms with E-state index in [1.165, 1.54) is 11.9 Å². The quantitative estimate of drug-likeness (QED) is 0.166. The van der Waals surface area contributed by atoms with Crippen molar-refractivity contribution in [2.45, 2.75) is 132 Å². The van der Waals surface area contributed by atoms with Gasteiger partial charge in [0.15, 0.2) is 6.29 Å². The highest BCUT2D eigenvalue weighted by molar-refractivity contribution is 6.28. The number of hydrogen-bond acceptors (Lipinski definition) is 7. The summed E-state index contributed by atoms with van der Waals surface area (Å²) in [5.41, 5.74) is 3.80. The zero-order valence-corrected chi connectivity index (χ0v) is 32.7. The number of hydrogen-bond donors (Lipinski definition) is 4. The smallest absolute Gasteiger partial charge is 0.315 e. The van der Waals surface area contributed by atoms with Crippen molar-refractivity contribution in [1.29, 1.82) is 0 Å². The summed E-state index contributed by atoms with van der Waals surface area (Å²) in [7, 11) is 3.21. The maximum absolute atomic E-state index is 14.0. The van der Waals surface area contributed by atoms with Crippen LogP contribution in [0.5, 0.6) is 0 Å². The van der Waals surface area contributed by atoms with Crippen LogP contribution in [0.3, 0.4) is 0 Å². The van der Waals surface area contributed by atoms with Gasteiger partial charge in [-0.2, -0.15) is 0 Å². The lowest BCUT2D eigenvalue weighted by Crippen LogP contribution is -2.60. The van der Waals surface area contributed by atoms with Crippen LogP contribution in [0.1, 0.15) is 114 Å². The summed E-state index contributed by atoms with van der Waals surface area (Å²) in [6.07, 6.45) is 6.32. The molecule has 0 bridgehead atoms. The summed E-state index contributed by atoms with van der Waals surface area (Å²) < 4.78 is 0. The molecule has 3 fully saturated rings. The maximum Gasteiger partial charge on any atom is 0.315 e. The molecule has 0 radical (unpaired) electrons. The molecule has 5 N–H and O–H groups in total. The number of aldehydes is 1. The van der Waals surface area contributed by atoms with Crippen molar-refractivity contribution >= 4 is 35.8 Å². The Morgan fingerprint density at radius 1 is 0.918 bits per heavy atom. The number of nitrogens with one attached hydrogen (secondary N) is 3. The van der Waals surface area contributed by atoms with Crippen LogP contribution in [0.15, 0.2) is 0 Å². The van der Waals surface area contributed by atoms with Gasteiger partial charge in [0, 0.05) is 20.1 Å². The van der Waals surface area contributed by atoms with Crippen LogP contribution in [-0.2, 0) is 24.0 Å². The van der Waals surface area contributed by atoms with E-state index in [0.717, 1.165) is 38.0 Å². The van der Waals surface area contributed by atoms with Crippen molar-refractivity contribution in [3.63, 3.8) is 0 Å². The molecule has 1 heterocycles. The Labute approximate surface area is 296 Å². The van der Waals surface area contributed by atoms with E-state index in [0.29, 0.717) is 37.8 Å². The Balaban J connectivity index is 0.00000263. The number of urea groups is 1. The minimum Gasteiger partial charge on any atom is -0.344 e. The van der Waals surface area contributed by atoms with E-state index in [1.807, 2.05) is 48.5 Å². The van der Waals surface area contributed by atoms with Crippen molar-refractivity contribution in [3.8, 4) is 0 Å². The molecular weight excluding hydrogens is 624 g/mol. The van der Waals surface area contributed by atoms with Crippen molar-refractivity contribution in [3.05, 3.63) is 0 Å². The van der Waals surface area contributed by atoms with E-state index in [9.17, 15) is 28.8 Å². The normalized spacial score (nSPS) is 19.7. The number of ketones is 1. The maximum atomic E-state index is 14.0. The molecule has 0 aromatic heterocycles. The first-order chi connectivity index (χ1) is 22.9. The molecule has 12 nitrogen and oxygen atoms in total. The van der Waals surface area contributed by atoms with Gasteiger partial charge >= 0.3 is 6.03 Å². The lowest BCUT2D eigenvalue weighted by atomic mass is 9.80. The number of rotatable bonds is 13. The first-order valence-electron chi connectivity index (χ1n) is 18.4. The molecule has 4 unspecified atom stereocenters. The molecule has 0 spiro atoms. The second-order valence-electron chi connectivity index (χ2n) is 15.4. The molecule has 0 aromatic carbocycles. The molecule has 2 aliphatic carbocycles. The molecule has 4 atom stereocenters. The van der Waals surface area contributed by atoms with Crippen molar-refractivity contribution in [2.75, 3.05) is 33.7 Å². The number of likely N-dealkylation sites (N-methyl/N-ethyl adjacent to an activating group) is 1. The Morgan fingerprint density at radius 2 is 1.47 bits per heavy atom. The molecule has 1 saturated heterocycles. The highest BCUT2D eigenvalue weighted by atomic mass is 16.2. The molecule has 3 rings (SSSR count). The number of carbonyl (C=O) groups is 6. The van der Waals surface area contributed by atoms with Gasteiger partial charge < -0.3 is 31.5 Å². The largest absolute Gasteiger partial charge is 0.344 e. The lowest BCUT2D eigenvalue weighted by molar-refractivity contribution is -0.142. The van der Waals surface area contributed by atoms with Crippen LogP contribution in [0.2, 0.25) is 0 Å². The van der Waals surface area contributed by atoms with Gasteiger partial charge in [-0.15, -0.1) is 0 Å². The SMILES string of the molecule is CC.CC(C)C.CC(C)C1CC(C(=O)NC(CC2CCC2)C(=O)C=O)N(C(=O)C(NC(=O)NCC(=O)N(C)CC2CC2)C(C)(C)C)C1.CN. The third kappa shape index (κ3) is 16.5. The predicted molar refractivity (Wildman–Crippen MR) is 196 cm³/mol. The number of amides is 5. The summed E-state index contributed by atoms with van der Waals surface area (Å²) in [5.74, 6) is 0.193. The van der Waals surface area contributed by atoms with Crippen molar-refractivity contribution in [1.82, 2.24) is 25.8 Å². The highest BCUT2D eigenvalue weighted by Crippen LogP contribution is 2.33. The average Bonchev–Trinajstić information content (AvgIpc) is 3.72. The number of nitrogens with zero attached hydrogens (tertiary/aromatic N) is 2. The fourth-order valence-electron chi connectivity index (χ4n) is 5.58. The standard InChI is InChI=1S/C30H49N5O6.C4H10.C2H6.CH5N/c1-18(2)21-13-23(27(39)32-22(24(37)17-36)12-19-8-7-9-19)35(16-21)28(40)26(30(3,4)5)33-29(41)31-14-25(38)34(6)15-20-10-11-20;1-4(2)3;2*1-2/h17-23,26H,7-16H2,1-6H3,(H,32,39)(H2,31,33,41);4H,1-3H3;1-2H3;2H2,1H3. The van der Waals surface area contributed by atoms with Crippen LogP contribution in [0.4, 0.5) is 4.79 Å². The van der Waals surface area contributed by atoms with Gasteiger partial charge in [0.25, 0.3) is 0 Å². The summed E-state index contributed by atoms with van der Waals surface area (Å²) >= 11 is 0. The summed E-state index contributed by atoms with van der Waals surface area (Å²) in [6, 6.07) is -3.33. The minimum atomic E-state index is -0.967. The summed E-state index contributed by atoms with van der Waals surface area (Å²) in [4.78, 5) is 79.6. The van der Waals surface area contributed by atoms with Crippen LogP contribution >= 0.6 is 0 Å². The Morgan fingerprint density at radius 3 is 1.90 bits per heavy atom. The van der Waals surface area contributed by atoms with Gasteiger partial charge in [-0.3, -0.25) is 24.0 Å². The molecule has 0 aromatic rings. The van der Waals surface area contributed by atoms with Crippen molar-refractivity contribution in [2.24, 2.45) is 40.7 Å². The summed E-state index contributed by atoms with van der Waals surface area (Å²) in [5, 5.41) is 8.11. The van der Waals surface area contributed by atoms with Crippen molar-refractivity contribution < 1.29 is 28.8 Å². The second-order valence-corrected chi connectivity index (χ2v) is 15.4. The third-order valence-electron chi connectivity index (χ3n) is 8.88. The number of Topliss-reactive ketones (excluding diaryl/α,β-unsaturated/α-hetero) is 1. The van der Waals surface area contributed by atoms with Gasteiger partial charge in [0.05, 0.1) is 12.6 Å². The number of likely N-dealkylation sites (tertiary alicyclic amines) is 1. The lowest BCUT2D eigenvalue weighted by Gasteiger charge is -2.36. The van der Waals surface area contributed by atoms with Gasteiger partial charge in [0.2, 0.25) is 23.5 Å². The van der Waals surface area contributed by atoms with Gasteiger partial charge in [0.1, 0.15) is 12.1 Å². The van der Waals surface area contributed by atoms with E-state index in [1.54, 1.807) is 11.9 Å². The second kappa shape index (κ2) is 22.6. The predicted octanol–water partition coefficient (Wildman–Crippen LogP) is 4.15. The van der Waals surface area contributed by atoms with Gasteiger partial charge in [-0.05, 0) is 67.7 Å². The van der Waals surface area contributed by atoms with E-state index in [-0.39, 0.29) is 30.6 Å². The molecule has 49 heavy (non-hydrogen) atoms. The van der Waals surface area contributed by atoms with E-state index in [2.05, 4.69) is 42.5 Å². The fourth-order valence-corrected chi connectivity index (χ4v) is 5.58. The molecule has 2 saturated carbocycles. The third-order valence-corrected chi connectivity index (χ3v) is 8.88. The molecule has 1 aliphatic heterocycles. The molecule has 284 valence electrons. The highest BCUT2D eigenvalue weighted by Gasteiger charge is 2.46. The number of nitrogens with two attached hydrogens (primary N) is 1. The first kappa shape index (κ1) is 46.0. The number of carbonyl (C=O) groups excluding carboxylic acids is 6. The monoisotopic (exact) mass is 695 g/mol. The molecule has 3 aliphatic rings. The van der Waals surface area contributed by atoms with Crippen LogP contribution in [0, 0.1) is 35.0 Å². The Bertz CT molecular complexity index is 1050. The van der Waals surface area contributed by atoms with Crippen LogP contribution in [-0.4, -0.2) is 97.5 Å².